The van der Waals surface area contributed by atoms with Crippen LogP contribution in [0, 0.1) is 17.8 Å². The average Bonchev–Trinajstić information content (AvgIpc) is 3.02. The van der Waals surface area contributed by atoms with Crippen molar-refractivity contribution in [3.8, 4) is 0 Å². The molecule has 2 aliphatic carbocycles. The summed E-state index contributed by atoms with van der Waals surface area (Å²) in [6, 6.07) is 5.66. The molecule has 98 valence electrons. The lowest BCUT2D eigenvalue weighted by molar-refractivity contribution is -0.115. The van der Waals surface area contributed by atoms with Crippen LogP contribution in [0.1, 0.15) is 41.6 Å². The summed E-state index contributed by atoms with van der Waals surface area (Å²) in [6.07, 6.45) is 5.44. The molecule has 0 radical (unpaired) electrons. The Balaban J connectivity index is 1.58. The fraction of sp³-hybridized carbons (Fsp3) is 0.500. The Kier molecular flexibility index (Phi) is 2.32. The van der Waals surface area contributed by atoms with Crippen molar-refractivity contribution in [3.63, 3.8) is 0 Å². The van der Waals surface area contributed by atoms with Gasteiger partial charge < -0.3 is 5.32 Å². The maximum Gasteiger partial charge on any atom is 0.228 e. The molecule has 2 fully saturated rings. The van der Waals surface area contributed by atoms with Crippen LogP contribution < -0.4 is 5.32 Å². The van der Waals surface area contributed by atoms with Crippen molar-refractivity contribution in [2.75, 3.05) is 5.32 Å². The second kappa shape index (κ2) is 3.92. The number of hydrogen-bond acceptors (Lipinski definition) is 2. The van der Waals surface area contributed by atoms with Gasteiger partial charge in [-0.2, -0.15) is 0 Å². The number of amides is 1. The first-order chi connectivity index (χ1) is 9.24. The third-order valence-electron chi connectivity index (χ3n) is 4.97. The number of ketones is 1. The molecule has 0 bridgehead atoms. The molecule has 1 N–H and O–H groups in total. The summed E-state index contributed by atoms with van der Waals surface area (Å²) < 4.78 is 0. The highest BCUT2D eigenvalue weighted by Gasteiger charge is 2.54. The second-order valence-corrected chi connectivity index (χ2v) is 6.10. The van der Waals surface area contributed by atoms with E-state index < -0.39 is 0 Å². The lowest BCUT2D eigenvalue weighted by Gasteiger charge is -2.04. The quantitative estimate of drug-likeness (QED) is 0.826. The van der Waals surface area contributed by atoms with Crippen LogP contribution >= 0.6 is 0 Å². The molecule has 0 aromatic heterocycles. The molecule has 4 rings (SSSR count). The summed E-state index contributed by atoms with van der Waals surface area (Å²) >= 11 is 0. The molecule has 1 amide bonds. The molecule has 1 heterocycles. The zero-order chi connectivity index (χ0) is 13.0. The van der Waals surface area contributed by atoms with E-state index in [0.29, 0.717) is 24.0 Å². The lowest BCUT2D eigenvalue weighted by Crippen LogP contribution is -2.04. The molecule has 19 heavy (non-hydrogen) atoms. The first-order valence-corrected chi connectivity index (χ1v) is 7.21. The van der Waals surface area contributed by atoms with Gasteiger partial charge in [-0.15, -0.1) is 0 Å². The van der Waals surface area contributed by atoms with Crippen molar-refractivity contribution in [2.45, 2.75) is 32.1 Å². The lowest BCUT2D eigenvalue weighted by atomic mass is 10.0. The van der Waals surface area contributed by atoms with Gasteiger partial charge in [-0.05, 0) is 48.4 Å². The third kappa shape index (κ3) is 1.71. The Hall–Kier alpha value is -1.64. The maximum atomic E-state index is 12.5. The van der Waals surface area contributed by atoms with Gasteiger partial charge in [0.05, 0.1) is 6.42 Å². The van der Waals surface area contributed by atoms with Crippen molar-refractivity contribution in [1.29, 1.82) is 0 Å². The molecular formula is C16H17NO2. The SMILES string of the molecule is O=C1Cc2cc(C(=O)C3C4CCCCC43)ccc2N1. The Morgan fingerprint density at radius 3 is 2.63 bits per heavy atom. The van der Waals surface area contributed by atoms with Crippen molar-refractivity contribution >= 4 is 17.4 Å². The van der Waals surface area contributed by atoms with E-state index in [1.165, 1.54) is 25.7 Å². The molecule has 2 unspecified atom stereocenters. The molecular weight excluding hydrogens is 238 g/mol. The van der Waals surface area contributed by atoms with Crippen LogP contribution in [0.4, 0.5) is 5.69 Å². The smallest absolute Gasteiger partial charge is 0.228 e. The normalized spacial score (nSPS) is 31.4. The molecule has 3 nitrogen and oxygen atoms in total. The zero-order valence-electron chi connectivity index (χ0n) is 10.8. The molecule has 1 aromatic carbocycles. The van der Waals surface area contributed by atoms with E-state index in [4.69, 9.17) is 0 Å². The number of Topliss-reactive ketones (excluding diaryl/α,β-unsaturated/α-hetero) is 1. The minimum absolute atomic E-state index is 0.0275. The van der Waals surface area contributed by atoms with Gasteiger partial charge in [-0.25, -0.2) is 0 Å². The van der Waals surface area contributed by atoms with Crippen LogP contribution in [0.3, 0.4) is 0 Å². The number of benzene rings is 1. The number of anilines is 1. The molecule has 2 saturated carbocycles. The first kappa shape index (κ1) is 11.2. The summed E-state index contributed by atoms with van der Waals surface area (Å²) in [5.41, 5.74) is 2.64. The van der Waals surface area contributed by atoms with Crippen LogP contribution in [0.2, 0.25) is 0 Å². The topological polar surface area (TPSA) is 46.2 Å². The molecule has 2 atom stereocenters. The Morgan fingerprint density at radius 1 is 1.16 bits per heavy atom. The Bertz CT molecular complexity index is 566. The molecule has 0 saturated heterocycles. The van der Waals surface area contributed by atoms with E-state index in [1.54, 1.807) is 0 Å². The summed E-state index contributed by atoms with van der Waals surface area (Å²) in [7, 11) is 0. The Labute approximate surface area is 112 Å². The highest BCUT2D eigenvalue weighted by Crippen LogP contribution is 2.56. The van der Waals surface area contributed by atoms with Crippen LogP contribution in [-0.4, -0.2) is 11.7 Å². The Morgan fingerprint density at radius 2 is 1.89 bits per heavy atom. The summed E-state index contributed by atoms with van der Waals surface area (Å²) in [4.78, 5) is 23.9. The summed E-state index contributed by atoms with van der Waals surface area (Å²) in [6.45, 7) is 0. The van der Waals surface area contributed by atoms with Crippen molar-refractivity contribution in [1.82, 2.24) is 0 Å². The van der Waals surface area contributed by atoms with E-state index in [1.807, 2.05) is 18.2 Å². The molecule has 3 heteroatoms. The van der Waals surface area contributed by atoms with Crippen LogP contribution in [-0.2, 0) is 11.2 Å². The van der Waals surface area contributed by atoms with Gasteiger partial charge in [0.15, 0.2) is 5.78 Å². The summed E-state index contributed by atoms with van der Waals surface area (Å²) in [5, 5.41) is 2.81. The highest BCUT2D eigenvalue weighted by atomic mass is 16.1. The number of carbonyl (C=O) groups excluding carboxylic acids is 2. The van der Waals surface area contributed by atoms with Gasteiger partial charge >= 0.3 is 0 Å². The maximum absolute atomic E-state index is 12.5. The number of carbonyl (C=O) groups is 2. The largest absolute Gasteiger partial charge is 0.326 e. The molecule has 1 aliphatic heterocycles. The van der Waals surface area contributed by atoms with E-state index in [2.05, 4.69) is 5.32 Å². The standard InChI is InChI=1S/C16H17NO2/c18-14-8-10-7-9(5-6-13(10)17-14)16(19)15-11-3-1-2-4-12(11)15/h5-7,11-12,15H,1-4,8H2,(H,17,18). The van der Waals surface area contributed by atoms with Gasteiger partial charge in [0.1, 0.15) is 0 Å². The second-order valence-electron chi connectivity index (χ2n) is 6.10. The van der Waals surface area contributed by atoms with E-state index in [9.17, 15) is 9.59 Å². The number of hydrogen-bond donors (Lipinski definition) is 1. The molecule has 1 aromatic rings. The fourth-order valence-electron chi connectivity index (χ4n) is 3.96. The van der Waals surface area contributed by atoms with Gasteiger partial charge in [-0.1, -0.05) is 12.8 Å². The molecule has 3 aliphatic rings. The van der Waals surface area contributed by atoms with E-state index in [0.717, 1.165) is 16.8 Å². The van der Waals surface area contributed by atoms with Gasteiger partial charge in [0.2, 0.25) is 5.91 Å². The molecule has 0 spiro atoms. The predicted octanol–water partition coefficient (Wildman–Crippen LogP) is 2.80. The van der Waals surface area contributed by atoms with Gasteiger partial charge in [0.25, 0.3) is 0 Å². The highest BCUT2D eigenvalue weighted by molar-refractivity contribution is 6.03. The van der Waals surface area contributed by atoms with Crippen LogP contribution in [0.25, 0.3) is 0 Å². The summed E-state index contributed by atoms with van der Waals surface area (Å²) in [5.74, 6) is 1.90. The van der Waals surface area contributed by atoms with Crippen LogP contribution in [0.15, 0.2) is 18.2 Å². The van der Waals surface area contributed by atoms with Crippen molar-refractivity contribution in [3.05, 3.63) is 29.3 Å². The number of nitrogens with one attached hydrogen (secondary N) is 1. The van der Waals surface area contributed by atoms with E-state index >= 15 is 0 Å². The third-order valence-corrected chi connectivity index (χ3v) is 4.97. The number of fused-ring (bicyclic) bond motifs is 2. The van der Waals surface area contributed by atoms with Crippen molar-refractivity contribution < 1.29 is 9.59 Å². The predicted molar refractivity (Wildman–Crippen MR) is 72.0 cm³/mol. The zero-order valence-corrected chi connectivity index (χ0v) is 10.8. The minimum Gasteiger partial charge on any atom is -0.326 e. The van der Waals surface area contributed by atoms with Gasteiger partial charge in [-0.3, -0.25) is 9.59 Å². The first-order valence-electron chi connectivity index (χ1n) is 7.21. The average molecular weight is 255 g/mol. The van der Waals surface area contributed by atoms with Gasteiger partial charge in [0, 0.05) is 17.2 Å². The van der Waals surface area contributed by atoms with Crippen LogP contribution in [0.5, 0.6) is 0 Å². The monoisotopic (exact) mass is 255 g/mol. The minimum atomic E-state index is 0.0275. The van der Waals surface area contributed by atoms with E-state index in [-0.39, 0.29) is 11.8 Å². The fourth-order valence-corrected chi connectivity index (χ4v) is 3.96. The number of rotatable bonds is 2. The van der Waals surface area contributed by atoms with Crippen molar-refractivity contribution in [2.24, 2.45) is 17.8 Å².